The Hall–Kier alpha value is -0.0400. The Morgan fingerprint density at radius 2 is 1.67 bits per heavy atom. The zero-order chi connectivity index (χ0) is 7.02. The van der Waals surface area contributed by atoms with Crippen molar-refractivity contribution in [3.63, 3.8) is 0 Å². The molecular formula is C8H17N. The molecule has 3 atom stereocenters. The summed E-state index contributed by atoms with van der Waals surface area (Å²) in [4.78, 5) is 2.44. The number of nitrogens with zero attached hydrogens (tertiary/aromatic N) is 1. The number of hydrogen-bond acceptors (Lipinski definition) is 1. The molecule has 54 valence electrons. The third kappa shape index (κ3) is 1.11. The van der Waals surface area contributed by atoms with Crippen LogP contribution in [0.5, 0.6) is 0 Å². The molecule has 1 nitrogen and oxygen atoms in total. The molecule has 1 saturated carbocycles. The minimum Gasteiger partial charge on any atom is -0.303 e. The highest BCUT2D eigenvalue weighted by Gasteiger charge is 2.44. The van der Waals surface area contributed by atoms with Crippen LogP contribution in [0.15, 0.2) is 0 Å². The molecule has 1 fully saturated rings. The smallest absolute Gasteiger partial charge is 0.0150 e. The highest BCUT2D eigenvalue weighted by atomic mass is 15.2. The van der Waals surface area contributed by atoms with E-state index in [1.165, 1.54) is 6.54 Å². The van der Waals surface area contributed by atoms with Gasteiger partial charge in [0.25, 0.3) is 0 Å². The second kappa shape index (κ2) is 2.30. The summed E-state index contributed by atoms with van der Waals surface area (Å²) in [5.41, 5.74) is 0. The average Bonchev–Trinajstić information content (AvgIpc) is 2.40. The molecule has 0 saturated heterocycles. The van der Waals surface area contributed by atoms with Crippen molar-refractivity contribution in [1.29, 1.82) is 0 Å². The minimum atomic E-state index is 0.884. The van der Waals surface area contributed by atoms with Gasteiger partial charge in [-0.15, -0.1) is 0 Å². The lowest BCUT2D eigenvalue weighted by Gasteiger charge is -2.12. The van der Waals surface area contributed by atoms with Crippen LogP contribution in [0, 0.1) is 11.8 Å². The van der Waals surface area contributed by atoms with Gasteiger partial charge in [0, 0.05) is 6.04 Å². The third-order valence-corrected chi connectivity index (χ3v) is 2.77. The molecule has 0 aliphatic heterocycles. The van der Waals surface area contributed by atoms with E-state index in [1.54, 1.807) is 0 Å². The van der Waals surface area contributed by atoms with Gasteiger partial charge in [0.1, 0.15) is 0 Å². The van der Waals surface area contributed by atoms with Gasteiger partial charge in [-0.1, -0.05) is 20.8 Å². The fourth-order valence-electron chi connectivity index (χ4n) is 1.65. The fourth-order valence-corrected chi connectivity index (χ4v) is 1.65. The van der Waals surface area contributed by atoms with Gasteiger partial charge in [-0.3, -0.25) is 0 Å². The van der Waals surface area contributed by atoms with Crippen LogP contribution in [0.4, 0.5) is 0 Å². The van der Waals surface area contributed by atoms with Crippen molar-refractivity contribution in [2.45, 2.75) is 26.8 Å². The maximum Gasteiger partial charge on any atom is 0.0150 e. The monoisotopic (exact) mass is 127 g/mol. The fraction of sp³-hybridized carbons (Fsp3) is 1.00. The van der Waals surface area contributed by atoms with Crippen LogP contribution < -0.4 is 0 Å². The Morgan fingerprint density at radius 3 is 1.78 bits per heavy atom. The normalized spacial score (nSPS) is 41.7. The molecule has 0 spiro atoms. The second-order valence-electron chi connectivity index (χ2n) is 3.28. The van der Waals surface area contributed by atoms with Gasteiger partial charge >= 0.3 is 0 Å². The molecule has 9 heavy (non-hydrogen) atoms. The van der Waals surface area contributed by atoms with E-state index in [0.29, 0.717) is 0 Å². The number of hydrogen-bond donors (Lipinski definition) is 0. The summed E-state index contributed by atoms with van der Waals surface area (Å²) in [6.07, 6.45) is 0. The van der Waals surface area contributed by atoms with E-state index < -0.39 is 0 Å². The molecule has 0 aromatic carbocycles. The van der Waals surface area contributed by atoms with Gasteiger partial charge in [0.05, 0.1) is 0 Å². The van der Waals surface area contributed by atoms with Crippen molar-refractivity contribution in [3.8, 4) is 0 Å². The molecule has 1 aliphatic carbocycles. The summed E-state index contributed by atoms with van der Waals surface area (Å²) in [5.74, 6) is 1.88. The zero-order valence-corrected chi connectivity index (χ0v) is 6.89. The van der Waals surface area contributed by atoms with Crippen LogP contribution in [-0.2, 0) is 0 Å². The summed E-state index contributed by atoms with van der Waals surface area (Å²) < 4.78 is 0. The minimum absolute atomic E-state index is 0.884. The van der Waals surface area contributed by atoms with Crippen LogP contribution in [0.1, 0.15) is 20.8 Å². The summed E-state index contributed by atoms with van der Waals surface area (Å²) in [7, 11) is 2.21. The van der Waals surface area contributed by atoms with Crippen LogP contribution in [-0.4, -0.2) is 24.5 Å². The van der Waals surface area contributed by atoms with Crippen molar-refractivity contribution in [2.75, 3.05) is 13.6 Å². The van der Waals surface area contributed by atoms with Crippen LogP contribution >= 0.6 is 0 Å². The highest BCUT2D eigenvalue weighted by molar-refractivity contribution is 4.97. The Kier molecular flexibility index (Phi) is 1.80. The molecule has 1 rings (SSSR count). The Labute approximate surface area is 58.0 Å². The predicted octanol–water partition coefficient (Wildman–Crippen LogP) is 1.59. The topological polar surface area (TPSA) is 3.24 Å². The lowest BCUT2D eigenvalue weighted by atomic mass is 10.4. The standard InChI is InChI=1S/C8H17N/c1-5-9(4)8-6(2)7(8)3/h6-8H,5H2,1-4H3/t6-,7?,8?/m1/s1. The third-order valence-electron chi connectivity index (χ3n) is 2.77. The molecule has 0 N–H and O–H groups in total. The number of rotatable bonds is 2. The first-order valence-corrected chi connectivity index (χ1v) is 3.88. The van der Waals surface area contributed by atoms with Gasteiger partial charge in [0.15, 0.2) is 0 Å². The van der Waals surface area contributed by atoms with Gasteiger partial charge in [-0.05, 0) is 25.4 Å². The maximum atomic E-state index is 2.44. The van der Waals surface area contributed by atoms with Gasteiger partial charge < -0.3 is 4.90 Å². The zero-order valence-electron chi connectivity index (χ0n) is 6.89. The van der Waals surface area contributed by atoms with E-state index in [0.717, 1.165) is 17.9 Å². The molecule has 0 heterocycles. The SMILES string of the molecule is CCN(C)C1C(C)[C@H]1C. The van der Waals surface area contributed by atoms with Crippen molar-refractivity contribution < 1.29 is 0 Å². The Balaban J connectivity index is 2.31. The van der Waals surface area contributed by atoms with Crippen LogP contribution in [0.3, 0.4) is 0 Å². The summed E-state index contributed by atoms with van der Waals surface area (Å²) in [6.45, 7) is 8.08. The van der Waals surface area contributed by atoms with Crippen molar-refractivity contribution in [3.05, 3.63) is 0 Å². The largest absolute Gasteiger partial charge is 0.303 e. The molecule has 0 bridgehead atoms. The first-order chi connectivity index (χ1) is 4.18. The highest BCUT2D eigenvalue weighted by Crippen LogP contribution is 2.41. The molecule has 2 unspecified atom stereocenters. The van der Waals surface area contributed by atoms with Gasteiger partial charge in [-0.2, -0.15) is 0 Å². The van der Waals surface area contributed by atoms with E-state index in [9.17, 15) is 0 Å². The van der Waals surface area contributed by atoms with E-state index in [4.69, 9.17) is 0 Å². The lowest BCUT2D eigenvalue weighted by Crippen LogP contribution is -2.22. The summed E-state index contributed by atoms with van der Waals surface area (Å²) >= 11 is 0. The Morgan fingerprint density at radius 1 is 1.22 bits per heavy atom. The van der Waals surface area contributed by atoms with Crippen molar-refractivity contribution in [1.82, 2.24) is 4.90 Å². The first-order valence-electron chi connectivity index (χ1n) is 3.88. The molecule has 1 aliphatic rings. The van der Waals surface area contributed by atoms with Crippen molar-refractivity contribution in [2.24, 2.45) is 11.8 Å². The molecule has 0 amide bonds. The molecule has 0 aromatic heterocycles. The Bertz CT molecular complexity index is 92.7. The van der Waals surface area contributed by atoms with E-state index >= 15 is 0 Å². The quantitative estimate of drug-likeness (QED) is 0.544. The van der Waals surface area contributed by atoms with E-state index in [2.05, 4.69) is 32.7 Å². The second-order valence-corrected chi connectivity index (χ2v) is 3.28. The van der Waals surface area contributed by atoms with Crippen LogP contribution in [0.2, 0.25) is 0 Å². The lowest BCUT2D eigenvalue weighted by molar-refractivity contribution is 0.320. The van der Waals surface area contributed by atoms with E-state index in [-0.39, 0.29) is 0 Å². The van der Waals surface area contributed by atoms with Gasteiger partial charge in [0.2, 0.25) is 0 Å². The average molecular weight is 127 g/mol. The van der Waals surface area contributed by atoms with Gasteiger partial charge in [-0.25, -0.2) is 0 Å². The summed E-state index contributed by atoms with van der Waals surface area (Å²) in [6, 6.07) is 0.884. The predicted molar refractivity (Wildman–Crippen MR) is 40.4 cm³/mol. The van der Waals surface area contributed by atoms with Crippen molar-refractivity contribution >= 4 is 0 Å². The van der Waals surface area contributed by atoms with Crippen LogP contribution in [0.25, 0.3) is 0 Å². The molecule has 0 radical (unpaired) electrons. The molecule has 1 heteroatoms. The molecule has 0 aromatic rings. The maximum absolute atomic E-state index is 2.44. The molecular weight excluding hydrogens is 110 g/mol. The first kappa shape index (κ1) is 7.07. The van der Waals surface area contributed by atoms with E-state index in [1.807, 2.05) is 0 Å². The summed E-state index contributed by atoms with van der Waals surface area (Å²) in [5, 5.41) is 0.